The molecule has 1 heteroatoms. The SMILES string of the molecule is CCCCCCCCC1CC=C(C(CC)CCCOc2ccccc2)CC1. The number of hydrogen-bond donors (Lipinski definition) is 0. The van der Waals surface area contributed by atoms with Gasteiger partial charge in [0.1, 0.15) is 5.75 Å². The van der Waals surface area contributed by atoms with Crippen molar-refractivity contribution in [3.8, 4) is 5.75 Å². The van der Waals surface area contributed by atoms with Crippen molar-refractivity contribution in [2.75, 3.05) is 6.61 Å². The smallest absolute Gasteiger partial charge is 0.119 e. The van der Waals surface area contributed by atoms with Crippen LogP contribution in [0.5, 0.6) is 5.75 Å². The van der Waals surface area contributed by atoms with Crippen LogP contribution in [0.15, 0.2) is 42.0 Å². The normalized spacial score (nSPS) is 18.1. The van der Waals surface area contributed by atoms with Crippen LogP contribution in [0.3, 0.4) is 0 Å². The highest BCUT2D eigenvalue weighted by molar-refractivity contribution is 5.20. The van der Waals surface area contributed by atoms with E-state index in [-0.39, 0.29) is 0 Å². The molecule has 0 fully saturated rings. The van der Waals surface area contributed by atoms with E-state index in [2.05, 4.69) is 19.9 Å². The quantitative estimate of drug-likeness (QED) is 0.236. The first kappa shape index (κ1) is 22.1. The minimum atomic E-state index is 0.777. The molecule has 0 heterocycles. The lowest BCUT2D eigenvalue weighted by Crippen LogP contribution is -2.13. The molecule has 0 radical (unpaired) electrons. The molecule has 1 aliphatic rings. The lowest BCUT2D eigenvalue weighted by Gasteiger charge is -2.27. The van der Waals surface area contributed by atoms with Crippen LogP contribution in [-0.2, 0) is 0 Å². The van der Waals surface area contributed by atoms with E-state index in [0.717, 1.165) is 30.6 Å². The minimum absolute atomic E-state index is 0.777. The third-order valence-electron chi connectivity index (χ3n) is 6.25. The predicted molar refractivity (Wildman–Crippen MR) is 118 cm³/mol. The van der Waals surface area contributed by atoms with Crippen molar-refractivity contribution >= 4 is 0 Å². The highest BCUT2D eigenvalue weighted by Crippen LogP contribution is 2.34. The van der Waals surface area contributed by atoms with Gasteiger partial charge in [-0.1, -0.05) is 88.6 Å². The van der Waals surface area contributed by atoms with Gasteiger partial charge in [0.05, 0.1) is 6.61 Å². The summed E-state index contributed by atoms with van der Waals surface area (Å²) in [7, 11) is 0. The Kier molecular flexibility index (Phi) is 11.3. The molecule has 27 heavy (non-hydrogen) atoms. The van der Waals surface area contributed by atoms with Crippen LogP contribution in [0.1, 0.15) is 97.3 Å². The molecule has 0 aliphatic heterocycles. The zero-order valence-electron chi connectivity index (χ0n) is 17.9. The summed E-state index contributed by atoms with van der Waals surface area (Å²) in [5.74, 6) is 2.73. The fourth-order valence-electron chi connectivity index (χ4n) is 4.44. The summed E-state index contributed by atoms with van der Waals surface area (Å²) in [6.07, 6.45) is 20.5. The van der Waals surface area contributed by atoms with E-state index >= 15 is 0 Å². The van der Waals surface area contributed by atoms with E-state index < -0.39 is 0 Å². The molecule has 0 saturated carbocycles. The third-order valence-corrected chi connectivity index (χ3v) is 6.25. The molecule has 0 aromatic heterocycles. The van der Waals surface area contributed by atoms with E-state index in [9.17, 15) is 0 Å². The van der Waals surface area contributed by atoms with Crippen molar-refractivity contribution in [3.05, 3.63) is 42.0 Å². The van der Waals surface area contributed by atoms with E-state index in [4.69, 9.17) is 4.74 Å². The van der Waals surface area contributed by atoms with Gasteiger partial charge in [-0.05, 0) is 62.5 Å². The van der Waals surface area contributed by atoms with Crippen molar-refractivity contribution < 1.29 is 4.74 Å². The molecule has 1 aromatic carbocycles. The Morgan fingerprint density at radius 1 is 0.963 bits per heavy atom. The van der Waals surface area contributed by atoms with E-state index in [1.807, 2.05) is 30.3 Å². The Morgan fingerprint density at radius 2 is 1.74 bits per heavy atom. The first-order valence-electron chi connectivity index (χ1n) is 11.7. The molecule has 1 aromatic rings. The van der Waals surface area contributed by atoms with Crippen molar-refractivity contribution in [2.24, 2.45) is 11.8 Å². The first-order valence-corrected chi connectivity index (χ1v) is 11.7. The third kappa shape index (κ3) is 9.00. The molecule has 0 bridgehead atoms. The molecule has 0 N–H and O–H groups in total. The highest BCUT2D eigenvalue weighted by Gasteiger charge is 2.19. The lowest BCUT2D eigenvalue weighted by atomic mass is 9.79. The number of ether oxygens (including phenoxy) is 1. The second kappa shape index (κ2) is 13.9. The summed E-state index contributed by atoms with van der Waals surface area (Å²) >= 11 is 0. The molecule has 152 valence electrons. The van der Waals surface area contributed by atoms with Gasteiger partial charge in [-0.2, -0.15) is 0 Å². The maximum Gasteiger partial charge on any atom is 0.119 e. The fourth-order valence-corrected chi connectivity index (χ4v) is 4.44. The van der Waals surface area contributed by atoms with E-state index in [0.29, 0.717) is 0 Å². The van der Waals surface area contributed by atoms with Crippen LogP contribution >= 0.6 is 0 Å². The van der Waals surface area contributed by atoms with Crippen molar-refractivity contribution in [1.29, 1.82) is 0 Å². The maximum atomic E-state index is 5.87. The maximum absolute atomic E-state index is 5.87. The second-order valence-corrected chi connectivity index (χ2v) is 8.38. The molecular formula is C26H42O. The summed E-state index contributed by atoms with van der Waals surface area (Å²) in [6, 6.07) is 10.2. The molecule has 2 atom stereocenters. The van der Waals surface area contributed by atoms with Crippen molar-refractivity contribution in [2.45, 2.75) is 97.3 Å². The van der Waals surface area contributed by atoms with Gasteiger partial charge in [0, 0.05) is 0 Å². The first-order chi connectivity index (χ1) is 13.3. The largest absolute Gasteiger partial charge is 0.494 e. The number of hydrogen-bond acceptors (Lipinski definition) is 1. The van der Waals surface area contributed by atoms with Gasteiger partial charge in [-0.15, -0.1) is 0 Å². The summed E-state index contributed by atoms with van der Waals surface area (Å²) in [4.78, 5) is 0. The van der Waals surface area contributed by atoms with Gasteiger partial charge in [0.2, 0.25) is 0 Å². The Bertz CT molecular complexity index is 504. The monoisotopic (exact) mass is 370 g/mol. The summed E-state index contributed by atoms with van der Waals surface area (Å²) < 4.78 is 5.87. The zero-order valence-corrected chi connectivity index (χ0v) is 17.9. The topological polar surface area (TPSA) is 9.23 Å². The molecular weight excluding hydrogens is 328 g/mol. The Labute approximate surface area is 168 Å². The minimum Gasteiger partial charge on any atom is -0.494 e. The van der Waals surface area contributed by atoms with Gasteiger partial charge < -0.3 is 4.74 Å². The zero-order chi connectivity index (χ0) is 19.2. The average molecular weight is 371 g/mol. The van der Waals surface area contributed by atoms with E-state index in [1.165, 1.54) is 77.0 Å². The molecule has 1 aliphatic carbocycles. The standard InChI is InChI=1S/C26H42O/c1-3-5-6-7-8-10-14-23-18-20-25(21-19-23)24(4-2)15-13-22-27-26-16-11-9-12-17-26/h9,11-12,16-17,20,23-24H,3-8,10,13-15,18-19,21-22H2,1-2H3. The number of allylic oxidation sites excluding steroid dienone is 2. The van der Waals surface area contributed by atoms with Crippen LogP contribution in [-0.4, -0.2) is 6.61 Å². The van der Waals surface area contributed by atoms with Crippen molar-refractivity contribution in [1.82, 2.24) is 0 Å². The number of para-hydroxylation sites is 1. The van der Waals surface area contributed by atoms with E-state index in [1.54, 1.807) is 5.57 Å². The Hall–Kier alpha value is -1.24. The fraction of sp³-hybridized carbons (Fsp3) is 0.692. The van der Waals surface area contributed by atoms with Gasteiger partial charge in [0.15, 0.2) is 0 Å². The van der Waals surface area contributed by atoms with Gasteiger partial charge in [-0.3, -0.25) is 0 Å². The summed E-state index contributed by atoms with van der Waals surface area (Å²) in [6.45, 7) is 5.49. The highest BCUT2D eigenvalue weighted by atomic mass is 16.5. The molecule has 2 rings (SSSR count). The molecule has 0 amide bonds. The molecule has 1 nitrogen and oxygen atoms in total. The number of benzene rings is 1. The van der Waals surface area contributed by atoms with Crippen LogP contribution in [0.25, 0.3) is 0 Å². The average Bonchev–Trinajstić information content (AvgIpc) is 2.72. The van der Waals surface area contributed by atoms with Crippen LogP contribution in [0.4, 0.5) is 0 Å². The summed E-state index contributed by atoms with van der Waals surface area (Å²) in [5, 5.41) is 0. The van der Waals surface area contributed by atoms with Crippen LogP contribution < -0.4 is 4.74 Å². The van der Waals surface area contributed by atoms with Gasteiger partial charge in [-0.25, -0.2) is 0 Å². The van der Waals surface area contributed by atoms with Gasteiger partial charge in [0.25, 0.3) is 0 Å². The molecule has 0 saturated heterocycles. The Morgan fingerprint density at radius 3 is 2.44 bits per heavy atom. The Balaban J connectivity index is 1.60. The van der Waals surface area contributed by atoms with Crippen molar-refractivity contribution in [3.63, 3.8) is 0 Å². The molecule has 2 unspecified atom stereocenters. The lowest BCUT2D eigenvalue weighted by molar-refractivity contribution is 0.293. The second-order valence-electron chi connectivity index (χ2n) is 8.38. The number of unbranched alkanes of at least 4 members (excludes halogenated alkanes) is 5. The summed E-state index contributed by atoms with van der Waals surface area (Å²) in [5.41, 5.74) is 1.75. The van der Waals surface area contributed by atoms with Crippen LogP contribution in [0, 0.1) is 11.8 Å². The van der Waals surface area contributed by atoms with Crippen LogP contribution in [0.2, 0.25) is 0 Å². The molecule has 0 spiro atoms. The number of rotatable bonds is 14. The predicted octanol–water partition coefficient (Wildman–Crippen LogP) is 8.35. The van der Waals surface area contributed by atoms with Gasteiger partial charge >= 0.3 is 0 Å².